The lowest BCUT2D eigenvalue weighted by atomic mass is 10.0. The van der Waals surface area contributed by atoms with E-state index in [-0.39, 0.29) is 12.3 Å². The predicted molar refractivity (Wildman–Crippen MR) is 45.9 cm³/mol. The van der Waals surface area contributed by atoms with Gasteiger partial charge < -0.3 is 15.6 Å². The number of carbonyl (C=O) groups is 1. The Morgan fingerprint density at radius 3 is 2.75 bits per heavy atom. The first-order chi connectivity index (χ1) is 5.70. The summed E-state index contributed by atoms with van der Waals surface area (Å²) in [5, 5.41) is 8.51. The number of nitrogens with two attached hydrogens (primary N) is 1. The summed E-state index contributed by atoms with van der Waals surface area (Å²) in [6, 6.07) is 0. The summed E-state index contributed by atoms with van der Waals surface area (Å²) in [7, 11) is 0. The van der Waals surface area contributed by atoms with Crippen LogP contribution in [0.3, 0.4) is 0 Å². The highest BCUT2D eigenvalue weighted by atomic mass is 16.5. The normalized spacial score (nSPS) is 12.8. The quantitative estimate of drug-likeness (QED) is 0.589. The predicted octanol–water partition coefficient (Wildman–Crippen LogP) is 0.463. The molecule has 0 aliphatic heterocycles. The van der Waals surface area contributed by atoms with E-state index in [0.717, 1.165) is 0 Å². The van der Waals surface area contributed by atoms with Crippen molar-refractivity contribution in [1.82, 2.24) is 0 Å². The molecule has 3 N–H and O–H groups in total. The highest BCUT2D eigenvalue weighted by Gasteiger charge is 2.11. The van der Waals surface area contributed by atoms with Crippen LogP contribution in [-0.2, 0) is 9.53 Å². The molecule has 4 nitrogen and oxygen atoms in total. The van der Waals surface area contributed by atoms with Crippen molar-refractivity contribution in [3.8, 4) is 0 Å². The molecule has 1 unspecified atom stereocenters. The van der Waals surface area contributed by atoms with Crippen molar-refractivity contribution in [2.75, 3.05) is 19.8 Å². The number of carboxylic acids is 1. The number of ether oxygens (including phenoxy) is 1. The smallest absolute Gasteiger partial charge is 0.303 e. The van der Waals surface area contributed by atoms with Crippen molar-refractivity contribution < 1.29 is 14.6 Å². The van der Waals surface area contributed by atoms with Crippen LogP contribution in [0, 0.1) is 5.92 Å². The summed E-state index contributed by atoms with van der Waals surface area (Å²) in [5.74, 6) is -0.722. The van der Waals surface area contributed by atoms with E-state index in [4.69, 9.17) is 15.6 Å². The zero-order valence-electron chi connectivity index (χ0n) is 7.45. The molecule has 0 aromatic rings. The number of rotatable bonds is 7. The molecule has 0 fully saturated rings. The van der Waals surface area contributed by atoms with Gasteiger partial charge >= 0.3 is 5.97 Å². The first-order valence-electron chi connectivity index (χ1n) is 4.20. The van der Waals surface area contributed by atoms with Gasteiger partial charge in [-0.25, -0.2) is 0 Å². The fourth-order valence-corrected chi connectivity index (χ4v) is 1.01. The van der Waals surface area contributed by atoms with Crippen molar-refractivity contribution in [3.05, 3.63) is 0 Å². The molecule has 12 heavy (non-hydrogen) atoms. The maximum atomic E-state index is 10.4. The van der Waals surface area contributed by atoms with Gasteiger partial charge in [-0.05, 0) is 25.8 Å². The molecule has 0 radical (unpaired) electrons. The van der Waals surface area contributed by atoms with Crippen LogP contribution < -0.4 is 5.73 Å². The summed E-state index contributed by atoms with van der Waals surface area (Å²) in [6.07, 6.45) is 0.865. The third-order valence-corrected chi connectivity index (χ3v) is 1.60. The van der Waals surface area contributed by atoms with Crippen molar-refractivity contribution in [2.24, 2.45) is 11.7 Å². The SMILES string of the molecule is CCOCC(CCN)CC(=O)O. The molecule has 72 valence electrons. The summed E-state index contributed by atoms with van der Waals surface area (Å²) in [6.45, 7) is 3.53. The largest absolute Gasteiger partial charge is 0.481 e. The minimum absolute atomic E-state index is 0.0625. The third-order valence-electron chi connectivity index (χ3n) is 1.60. The Labute approximate surface area is 72.7 Å². The Hall–Kier alpha value is -0.610. The molecular formula is C8H17NO3. The lowest BCUT2D eigenvalue weighted by Crippen LogP contribution is -2.18. The van der Waals surface area contributed by atoms with Crippen LogP contribution in [0.2, 0.25) is 0 Å². The number of hydrogen-bond acceptors (Lipinski definition) is 3. The lowest BCUT2D eigenvalue weighted by molar-refractivity contribution is -0.138. The molecule has 0 aromatic carbocycles. The van der Waals surface area contributed by atoms with E-state index in [1.165, 1.54) is 0 Å². The first-order valence-corrected chi connectivity index (χ1v) is 4.20. The minimum Gasteiger partial charge on any atom is -0.481 e. The monoisotopic (exact) mass is 175 g/mol. The average molecular weight is 175 g/mol. The highest BCUT2D eigenvalue weighted by molar-refractivity contribution is 5.67. The Bertz CT molecular complexity index is 127. The van der Waals surface area contributed by atoms with Crippen LogP contribution in [-0.4, -0.2) is 30.8 Å². The average Bonchev–Trinajstić information content (AvgIpc) is 2.00. The second-order valence-electron chi connectivity index (χ2n) is 2.70. The van der Waals surface area contributed by atoms with Gasteiger partial charge in [-0.2, -0.15) is 0 Å². The molecule has 0 spiro atoms. The van der Waals surface area contributed by atoms with E-state index in [1.54, 1.807) is 0 Å². The first kappa shape index (κ1) is 11.4. The molecule has 0 saturated carbocycles. The Balaban J connectivity index is 3.61. The molecule has 4 heteroatoms. The van der Waals surface area contributed by atoms with Crippen molar-refractivity contribution >= 4 is 5.97 Å². The van der Waals surface area contributed by atoms with Crippen LogP contribution in [0.4, 0.5) is 0 Å². The van der Waals surface area contributed by atoms with E-state index >= 15 is 0 Å². The van der Waals surface area contributed by atoms with Crippen molar-refractivity contribution in [3.63, 3.8) is 0 Å². The van der Waals surface area contributed by atoms with E-state index in [2.05, 4.69) is 0 Å². The zero-order valence-corrected chi connectivity index (χ0v) is 7.45. The van der Waals surface area contributed by atoms with E-state index in [9.17, 15) is 4.79 Å². The van der Waals surface area contributed by atoms with Gasteiger partial charge in [0, 0.05) is 13.2 Å². The van der Waals surface area contributed by atoms with E-state index in [1.807, 2.05) is 6.92 Å². The lowest BCUT2D eigenvalue weighted by Gasteiger charge is -2.12. The van der Waals surface area contributed by atoms with Gasteiger partial charge in [0.2, 0.25) is 0 Å². The third kappa shape index (κ3) is 6.12. The van der Waals surface area contributed by atoms with Gasteiger partial charge in [-0.1, -0.05) is 0 Å². The molecular weight excluding hydrogens is 158 g/mol. The maximum Gasteiger partial charge on any atom is 0.303 e. The summed E-state index contributed by atoms with van der Waals surface area (Å²) in [5.41, 5.74) is 5.33. The number of hydrogen-bond donors (Lipinski definition) is 2. The molecule has 1 atom stereocenters. The van der Waals surface area contributed by atoms with Crippen LogP contribution in [0.15, 0.2) is 0 Å². The summed E-state index contributed by atoms with van der Waals surface area (Å²) < 4.78 is 5.13. The molecule has 0 rings (SSSR count). The Morgan fingerprint density at radius 2 is 2.33 bits per heavy atom. The molecule has 0 saturated heterocycles. The van der Waals surface area contributed by atoms with Crippen LogP contribution in [0.25, 0.3) is 0 Å². The second-order valence-corrected chi connectivity index (χ2v) is 2.70. The van der Waals surface area contributed by atoms with Gasteiger partial charge in [0.1, 0.15) is 0 Å². The van der Waals surface area contributed by atoms with Crippen LogP contribution in [0.5, 0.6) is 0 Å². The van der Waals surface area contributed by atoms with Crippen LogP contribution >= 0.6 is 0 Å². The summed E-state index contributed by atoms with van der Waals surface area (Å²) >= 11 is 0. The van der Waals surface area contributed by atoms with Gasteiger partial charge in [0.05, 0.1) is 6.42 Å². The standard InChI is InChI=1S/C8H17NO3/c1-2-12-6-7(3-4-9)5-8(10)11/h7H,2-6,9H2,1H3,(H,10,11). The fraction of sp³-hybridized carbons (Fsp3) is 0.875. The number of carboxylic acid groups (broad SMARTS) is 1. The van der Waals surface area contributed by atoms with Crippen molar-refractivity contribution in [1.29, 1.82) is 0 Å². The van der Waals surface area contributed by atoms with E-state index < -0.39 is 5.97 Å². The Kier molecular flexibility index (Phi) is 6.70. The van der Waals surface area contributed by atoms with Gasteiger partial charge in [-0.15, -0.1) is 0 Å². The van der Waals surface area contributed by atoms with Crippen molar-refractivity contribution in [2.45, 2.75) is 19.8 Å². The van der Waals surface area contributed by atoms with Crippen LogP contribution in [0.1, 0.15) is 19.8 Å². The van der Waals surface area contributed by atoms with E-state index in [0.29, 0.717) is 26.2 Å². The molecule has 0 heterocycles. The zero-order chi connectivity index (χ0) is 9.40. The summed E-state index contributed by atoms with van der Waals surface area (Å²) in [4.78, 5) is 10.4. The molecule has 0 aliphatic carbocycles. The van der Waals surface area contributed by atoms with Gasteiger partial charge in [0.25, 0.3) is 0 Å². The Morgan fingerprint density at radius 1 is 1.67 bits per heavy atom. The second kappa shape index (κ2) is 7.06. The molecule has 0 aromatic heterocycles. The topological polar surface area (TPSA) is 72.5 Å². The highest BCUT2D eigenvalue weighted by Crippen LogP contribution is 2.07. The molecule has 0 amide bonds. The fourth-order valence-electron chi connectivity index (χ4n) is 1.01. The maximum absolute atomic E-state index is 10.4. The molecule has 0 bridgehead atoms. The minimum atomic E-state index is -0.784. The van der Waals surface area contributed by atoms with Gasteiger partial charge in [0.15, 0.2) is 0 Å². The van der Waals surface area contributed by atoms with Gasteiger partial charge in [-0.3, -0.25) is 4.79 Å². The number of aliphatic carboxylic acids is 1. The molecule has 0 aliphatic rings.